The number of carbonyl (C=O) groups is 1. The number of aliphatic carboxylic acids is 1. The molecule has 1 heterocycles. The smallest absolute Gasteiger partial charge is 0.370 e. The Kier molecular flexibility index (Phi) is 7.09. The van der Waals surface area contributed by atoms with Crippen molar-refractivity contribution >= 4 is 18.1 Å². The SMILES string of the molecule is CCOc1cc(/C=C/c2cccc[n+]2CC(=O)O)ccc1O.[Cl-]. The minimum atomic E-state index is -0.894. The normalized spacial score (nSPS) is 10.3. The predicted octanol–water partition coefficient (Wildman–Crippen LogP) is -0.663. The Morgan fingerprint density at radius 3 is 2.74 bits per heavy atom. The van der Waals surface area contributed by atoms with E-state index in [-0.39, 0.29) is 24.7 Å². The molecule has 2 N–H and O–H groups in total. The van der Waals surface area contributed by atoms with Crippen molar-refractivity contribution in [2.24, 2.45) is 0 Å². The van der Waals surface area contributed by atoms with Crippen molar-refractivity contribution in [2.75, 3.05) is 6.61 Å². The number of nitrogens with zero attached hydrogens (tertiary/aromatic N) is 1. The number of hydrogen-bond donors (Lipinski definition) is 2. The Labute approximate surface area is 140 Å². The van der Waals surface area contributed by atoms with Gasteiger partial charge in [0.15, 0.2) is 17.7 Å². The van der Waals surface area contributed by atoms with Crippen molar-refractivity contribution in [3.05, 3.63) is 53.9 Å². The molecule has 0 aliphatic rings. The number of carboxylic acids is 1. The Hall–Kier alpha value is -2.53. The summed E-state index contributed by atoms with van der Waals surface area (Å²) in [6, 6.07) is 10.5. The van der Waals surface area contributed by atoms with E-state index in [1.54, 1.807) is 35.0 Å². The van der Waals surface area contributed by atoms with Gasteiger partial charge in [-0.1, -0.05) is 6.07 Å². The average molecular weight is 336 g/mol. The lowest BCUT2D eigenvalue weighted by atomic mass is 10.1. The number of hydrogen-bond acceptors (Lipinski definition) is 3. The van der Waals surface area contributed by atoms with Gasteiger partial charge in [0.25, 0.3) is 0 Å². The van der Waals surface area contributed by atoms with Crippen LogP contribution < -0.4 is 21.7 Å². The molecule has 0 aliphatic heterocycles. The van der Waals surface area contributed by atoms with Crippen LogP contribution in [0.5, 0.6) is 11.5 Å². The molecule has 2 aromatic rings. The lowest BCUT2D eigenvalue weighted by Crippen LogP contribution is -3.00. The highest BCUT2D eigenvalue weighted by Gasteiger charge is 2.11. The third-order valence-corrected chi connectivity index (χ3v) is 3.01. The van der Waals surface area contributed by atoms with Crippen LogP contribution in [0.15, 0.2) is 42.6 Å². The van der Waals surface area contributed by atoms with Crippen LogP contribution >= 0.6 is 0 Å². The molecule has 2 rings (SSSR count). The summed E-state index contributed by atoms with van der Waals surface area (Å²) in [7, 11) is 0. The van der Waals surface area contributed by atoms with Crippen molar-refractivity contribution in [3.8, 4) is 11.5 Å². The molecule has 0 atom stereocenters. The number of rotatable bonds is 6. The largest absolute Gasteiger partial charge is 1.00 e. The first kappa shape index (κ1) is 18.5. The van der Waals surface area contributed by atoms with E-state index in [1.165, 1.54) is 0 Å². The van der Waals surface area contributed by atoms with E-state index in [0.29, 0.717) is 12.4 Å². The number of ether oxygens (including phenoxy) is 1. The van der Waals surface area contributed by atoms with Crippen molar-refractivity contribution in [1.82, 2.24) is 0 Å². The van der Waals surface area contributed by atoms with Crippen LogP contribution in [0.4, 0.5) is 0 Å². The molecule has 1 aromatic heterocycles. The number of benzene rings is 1. The number of pyridine rings is 1. The maximum atomic E-state index is 10.9. The Balaban J connectivity index is 0.00000264. The first-order valence-corrected chi connectivity index (χ1v) is 6.94. The maximum absolute atomic E-state index is 10.9. The molecule has 0 saturated carbocycles. The van der Waals surface area contributed by atoms with E-state index in [9.17, 15) is 9.90 Å². The topological polar surface area (TPSA) is 70.6 Å². The molecule has 0 aliphatic carbocycles. The summed E-state index contributed by atoms with van der Waals surface area (Å²) in [6.45, 7) is 2.22. The standard InChI is InChI=1S/C17H17NO4.ClH/c1-2-22-16-11-13(7-9-15(16)19)6-8-14-5-3-4-10-18(14)12-17(20)21;/h3-11H,2,12H2,1H3,(H,20,21);1H. The third-order valence-electron chi connectivity index (χ3n) is 3.01. The molecule has 23 heavy (non-hydrogen) atoms. The molecule has 0 spiro atoms. The lowest BCUT2D eigenvalue weighted by Gasteiger charge is -2.06. The van der Waals surface area contributed by atoms with Crippen LogP contribution in [-0.2, 0) is 11.3 Å². The molecule has 0 fully saturated rings. The zero-order chi connectivity index (χ0) is 15.9. The summed E-state index contributed by atoms with van der Waals surface area (Å²) in [6.07, 6.45) is 5.39. The Morgan fingerprint density at radius 2 is 2.04 bits per heavy atom. The van der Waals surface area contributed by atoms with Gasteiger partial charge in [-0.25, -0.2) is 4.79 Å². The highest BCUT2D eigenvalue weighted by Crippen LogP contribution is 2.27. The molecular formula is C17H18ClNO4. The van der Waals surface area contributed by atoms with Gasteiger partial charge in [0.05, 0.1) is 6.61 Å². The fourth-order valence-electron chi connectivity index (χ4n) is 2.02. The van der Waals surface area contributed by atoms with Crippen LogP contribution in [-0.4, -0.2) is 22.8 Å². The van der Waals surface area contributed by atoms with E-state index in [4.69, 9.17) is 9.84 Å². The number of phenols is 1. The van der Waals surface area contributed by atoms with Gasteiger partial charge in [-0.05, 0) is 36.8 Å². The molecule has 1 aromatic carbocycles. The van der Waals surface area contributed by atoms with Crippen LogP contribution in [0.25, 0.3) is 12.2 Å². The molecule has 122 valence electrons. The van der Waals surface area contributed by atoms with Gasteiger partial charge in [-0.3, -0.25) is 0 Å². The molecule has 0 saturated heterocycles. The summed E-state index contributed by atoms with van der Waals surface area (Å²) in [5, 5.41) is 18.6. The maximum Gasteiger partial charge on any atom is 0.370 e. The van der Waals surface area contributed by atoms with Crippen LogP contribution in [0.3, 0.4) is 0 Å². The van der Waals surface area contributed by atoms with E-state index < -0.39 is 5.97 Å². The number of aromatic nitrogens is 1. The molecule has 0 radical (unpaired) electrons. The summed E-state index contributed by atoms with van der Waals surface area (Å²) < 4.78 is 6.98. The fraction of sp³-hybridized carbons (Fsp3) is 0.176. The third kappa shape index (κ3) is 5.30. The van der Waals surface area contributed by atoms with Crippen molar-refractivity contribution in [2.45, 2.75) is 13.5 Å². The molecule has 6 heteroatoms. The molecular weight excluding hydrogens is 318 g/mol. The highest BCUT2D eigenvalue weighted by atomic mass is 35.5. The van der Waals surface area contributed by atoms with E-state index >= 15 is 0 Å². The molecule has 0 unspecified atom stereocenters. The summed E-state index contributed by atoms with van der Waals surface area (Å²) in [4.78, 5) is 10.9. The highest BCUT2D eigenvalue weighted by molar-refractivity contribution is 5.69. The zero-order valence-corrected chi connectivity index (χ0v) is 13.4. The van der Waals surface area contributed by atoms with Gasteiger partial charge in [0.1, 0.15) is 0 Å². The van der Waals surface area contributed by atoms with Crippen LogP contribution in [0, 0.1) is 0 Å². The summed E-state index contributed by atoms with van der Waals surface area (Å²) >= 11 is 0. The average Bonchev–Trinajstić information content (AvgIpc) is 2.49. The number of phenolic OH excluding ortho intramolecular Hbond substituents is 1. The first-order valence-electron chi connectivity index (χ1n) is 6.94. The minimum absolute atomic E-state index is 0. The number of carboxylic acid groups (broad SMARTS) is 1. The number of halogens is 1. The van der Waals surface area contributed by atoms with E-state index in [0.717, 1.165) is 11.3 Å². The first-order chi connectivity index (χ1) is 10.6. The zero-order valence-electron chi connectivity index (χ0n) is 12.6. The van der Waals surface area contributed by atoms with Gasteiger partial charge >= 0.3 is 5.97 Å². The monoisotopic (exact) mass is 335 g/mol. The van der Waals surface area contributed by atoms with Crippen LogP contribution in [0.1, 0.15) is 18.2 Å². The quantitative estimate of drug-likeness (QED) is 0.688. The van der Waals surface area contributed by atoms with Crippen molar-refractivity contribution < 1.29 is 36.7 Å². The molecule has 0 bridgehead atoms. The number of aromatic hydroxyl groups is 1. The second kappa shape index (κ2) is 8.80. The van der Waals surface area contributed by atoms with Gasteiger partial charge < -0.3 is 27.4 Å². The van der Waals surface area contributed by atoms with Gasteiger partial charge in [0.2, 0.25) is 12.2 Å². The molecule has 5 nitrogen and oxygen atoms in total. The Bertz CT molecular complexity index is 701. The van der Waals surface area contributed by atoms with Gasteiger partial charge in [-0.15, -0.1) is 0 Å². The summed E-state index contributed by atoms with van der Waals surface area (Å²) in [5.74, 6) is -0.370. The van der Waals surface area contributed by atoms with Crippen LogP contribution in [0.2, 0.25) is 0 Å². The van der Waals surface area contributed by atoms with E-state index in [2.05, 4.69) is 0 Å². The minimum Gasteiger partial charge on any atom is -1.00 e. The van der Waals surface area contributed by atoms with E-state index in [1.807, 2.05) is 31.2 Å². The van der Waals surface area contributed by atoms with Crippen molar-refractivity contribution in [1.29, 1.82) is 0 Å². The van der Waals surface area contributed by atoms with Gasteiger partial charge in [0, 0.05) is 18.2 Å². The predicted molar refractivity (Wildman–Crippen MR) is 82.5 cm³/mol. The Morgan fingerprint density at radius 1 is 1.26 bits per heavy atom. The second-order valence-corrected chi connectivity index (χ2v) is 4.64. The van der Waals surface area contributed by atoms with Crippen molar-refractivity contribution in [3.63, 3.8) is 0 Å². The van der Waals surface area contributed by atoms with Gasteiger partial charge in [-0.2, -0.15) is 4.57 Å². The lowest BCUT2D eigenvalue weighted by molar-refractivity contribution is -0.687. The summed E-state index contributed by atoms with van der Waals surface area (Å²) in [5.41, 5.74) is 1.63. The second-order valence-electron chi connectivity index (χ2n) is 4.64. The fourth-order valence-corrected chi connectivity index (χ4v) is 2.02. The molecule has 0 amide bonds.